The Balaban J connectivity index is 2.20. The van der Waals surface area contributed by atoms with Crippen LogP contribution in [0.3, 0.4) is 0 Å². The van der Waals surface area contributed by atoms with Crippen LogP contribution < -0.4 is 4.98 Å². The zero-order valence-electron chi connectivity index (χ0n) is 33.6. The summed E-state index contributed by atoms with van der Waals surface area (Å²) in [5.74, 6) is 0.770. The summed E-state index contributed by atoms with van der Waals surface area (Å²) >= 11 is 0. The van der Waals surface area contributed by atoms with Gasteiger partial charge in [0.05, 0.1) is 12.9 Å². The lowest BCUT2D eigenvalue weighted by atomic mass is 10.1. The van der Waals surface area contributed by atoms with Gasteiger partial charge in [0, 0.05) is 0 Å². The number of hydrogen-bond acceptors (Lipinski definition) is 8. The average molecular weight is 724 g/mol. The first-order chi connectivity index (χ1) is 20.8. The zero-order chi connectivity index (χ0) is 36.4. The van der Waals surface area contributed by atoms with Gasteiger partial charge in [-0.3, -0.25) is 4.57 Å². The first kappa shape index (κ1) is 40.5. The highest BCUT2D eigenvalue weighted by atomic mass is 28.4. The van der Waals surface area contributed by atoms with Crippen LogP contribution in [0.1, 0.15) is 89.3 Å². The Morgan fingerprint density at radius 2 is 1.17 bits per heavy atom. The molecule has 4 atom stereocenters. The summed E-state index contributed by atoms with van der Waals surface area (Å²) < 4.78 is 30.7. The van der Waals surface area contributed by atoms with Crippen molar-refractivity contribution in [2.45, 2.75) is 180 Å². The Morgan fingerprint density at radius 3 is 1.64 bits per heavy atom. The van der Waals surface area contributed by atoms with Crippen LogP contribution in [0, 0.1) is 0 Å². The Kier molecular flexibility index (Phi) is 11.2. The van der Waals surface area contributed by atoms with Crippen LogP contribution in [0.2, 0.25) is 72.5 Å². The second kappa shape index (κ2) is 13.0. The van der Waals surface area contributed by atoms with Gasteiger partial charge in [-0.1, -0.05) is 96.2 Å². The number of ether oxygens (including phenoxy) is 1. The van der Waals surface area contributed by atoms with Gasteiger partial charge in [0.15, 0.2) is 45.1 Å². The van der Waals surface area contributed by atoms with Crippen molar-refractivity contribution in [1.82, 2.24) is 19.5 Å². The predicted octanol–water partition coefficient (Wildman–Crippen LogP) is 9.94. The van der Waals surface area contributed by atoms with E-state index >= 15 is 0 Å². The maximum Gasteiger partial charge on any atom is 0.192 e. The van der Waals surface area contributed by atoms with E-state index in [2.05, 4.69) is 150 Å². The van der Waals surface area contributed by atoms with Gasteiger partial charge in [-0.15, -0.1) is 0 Å². The Morgan fingerprint density at radius 1 is 0.681 bits per heavy atom. The second-order valence-corrected chi connectivity index (χ2v) is 39.2. The number of imidazole rings is 1. The molecule has 3 heterocycles. The Labute approximate surface area is 291 Å². The van der Waals surface area contributed by atoms with E-state index < -0.39 is 39.4 Å². The molecule has 0 spiro atoms. The maximum absolute atomic E-state index is 7.37. The highest BCUT2D eigenvalue weighted by molar-refractivity contribution is 6.83. The third-order valence-corrected chi connectivity index (χ3v) is 30.2. The molecule has 47 heavy (non-hydrogen) atoms. The summed E-state index contributed by atoms with van der Waals surface area (Å²) in [6.45, 7) is 46.3. The van der Waals surface area contributed by atoms with Crippen LogP contribution in [0.15, 0.2) is 12.7 Å². The summed E-state index contributed by atoms with van der Waals surface area (Å²) in [5.41, 5.74) is 1.47. The molecule has 0 radical (unpaired) electrons. The molecule has 9 nitrogen and oxygen atoms in total. The van der Waals surface area contributed by atoms with E-state index in [4.69, 9.17) is 28.0 Å². The minimum Gasteiger partial charge on any atom is -0.414 e. The molecule has 1 saturated heterocycles. The minimum absolute atomic E-state index is 0.00572. The molecule has 0 aliphatic carbocycles. The molecule has 0 saturated carbocycles. The minimum atomic E-state index is -2.29. The summed E-state index contributed by atoms with van der Waals surface area (Å²) in [6, 6.07) is 0. The Bertz CT molecular complexity index is 1380. The van der Waals surface area contributed by atoms with Crippen molar-refractivity contribution in [3.8, 4) is 0 Å². The van der Waals surface area contributed by atoms with Crippen LogP contribution in [-0.2, 0) is 18.0 Å². The molecule has 1 fully saturated rings. The molecular weight excluding hydrogens is 655 g/mol. The molecule has 270 valence electrons. The number of hydrogen-bond donors (Lipinski definition) is 1. The number of nitrogens with zero attached hydrogens (tertiary/aromatic N) is 4. The van der Waals surface area contributed by atoms with Gasteiger partial charge >= 0.3 is 0 Å². The molecule has 1 aliphatic heterocycles. The highest BCUT2D eigenvalue weighted by Crippen LogP contribution is 2.47. The molecule has 0 aromatic carbocycles. The molecule has 2 unspecified atom stereocenters. The van der Waals surface area contributed by atoms with Gasteiger partial charge in [0.1, 0.15) is 36.0 Å². The fourth-order valence-corrected chi connectivity index (χ4v) is 9.26. The van der Waals surface area contributed by atoms with Gasteiger partial charge in [-0.2, -0.15) is 0 Å². The number of fused-ring (bicyclic) bond motifs is 1. The van der Waals surface area contributed by atoms with Crippen molar-refractivity contribution in [1.29, 1.82) is 0 Å². The second-order valence-electron chi connectivity index (χ2n) is 19.9. The Hall–Kier alpha value is -0.942. The largest absolute Gasteiger partial charge is 0.414 e. The third-order valence-electron chi connectivity index (χ3n) is 12.1. The number of aromatic nitrogens is 4. The predicted molar refractivity (Wildman–Crippen MR) is 207 cm³/mol. The fourth-order valence-electron chi connectivity index (χ4n) is 4.49. The number of rotatable bonds is 10. The van der Waals surface area contributed by atoms with E-state index in [0.29, 0.717) is 6.61 Å². The molecule has 1 aliphatic rings. The average Bonchev–Trinajstić information content (AvgIpc) is 3.41. The molecule has 13 heteroatoms. The fraction of sp³-hybridized carbons (Fsp3) is 0.853. The van der Waals surface area contributed by atoms with Crippen LogP contribution in [-0.4, -0.2) is 77.6 Å². The van der Waals surface area contributed by atoms with Crippen LogP contribution in [0.5, 0.6) is 0 Å². The molecule has 2 aromatic heterocycles. The molecule has 0 bridgehead atoms. The molecule has 2 aromatic rings. The standard InChI is InChI=1S/C34H69N5O4Si4/c1-31(2,3)44(13,14)38-28-25-29(36-22-35-28)39(23-37-25)30-27(43-47(19,20)34(10,11)12)26(42-46(17,18)33(7,8)9)24(41-30)21-40-45(15,16)32(4,5)6/h22-24,26-27,30H,21H2,1-20H3,(H,35,36,38)/t24-,26?,27?,30-/m0/s1. The smallest absolute Gasteiger partial charge is 0.192 e. The summed E-state index contributed by atoms with van der Waals surface area (Å²) in [7, 11) is -8.55. The number of anilines is 1. The topological polar surface area (TPSA) is 92.6 Å². The molecule has 1 N–H and O–H groups in total. The SMILES string of the molecule is CC(C)(C)[Si](C)(C)Nc1ncnc2c1ncn2[C@H]1O[C@@H](CO[Si](C)(C)C(C)(C)C)C(O[Si](C)(C)C(C)(C)C)C1O[Si](C)(C)C(C)(C)C. The van der Waals surface area contributed by atoms with E-state index in [9.17, 15) is 0 Å². The first-order valence-corrected chi connectivity index (χ1v) is 29.2. The van der Waals surface area contributed by atoms with Crippen LogP contribution in [0.4, 0.5) is 5.82 Å². The van der Waals surface area contributed by atoms with E-state index in [1.165, 1.54) is 0 Å². The lowest BCUT2D eigenvalue weighted by Crippen LogP contribution is -2.54. The van der Waals surface area contributed by atoms with Crippen molar-refractivity contribution < 1.29 is 18.0 Å². The van der Waals surface area contributed by atoms with Gasteiger partial charge in [-0.05, 0) is 59.4 Å². The molecule has 0 amide bonds. The van der Waals surface area contributed by atoms with Gasteiger partial charge in [0.25, 0.3) is 0 Å². The third kappa shape index (κ3) is 8.51. The highest BCUT2D eigenvalue weighted by Gasteiger charge is 2.55. The lowest BCUT2D eigenvalue weighted by molar-refractivity contribution is -0.0470. The monoisotopic (exact) mass is 723 g/mol. The van der Waals surface area contributed by atoms with E-state index in [1.54, 1.807) is 6.33 Å². The normalized spacial score (nSPS) is 22.7. The summed E-state index contributed by atoms with van der Waals surface area (Å²) in [5, 5.41) is 0.197. The van der Waals surface area contributed by atoms with E-state index in [1.807, 2.05) is 6.33 Å². The van der Waals surface area contributed by atoms with Gasteiger partial charge in [0.2, 0.25) is 0 Å². The number of nitrogens with one attached hydrogen (secondary N) is 1. The maximum atomic E-state index is 7.37. The van der Waals surface area contributed by atoms with Gasteiger partial charge in [-0.25, -0.2) is 15.0 Å². The van der Waals surface area contributed by atoms with Crippen LogP contribution in [0.25, 0.3) is 11.2 Å². The van der Waals surface area contributed by atoms with Crippen molar-refractivity contribution in [3.05, 3.63) is 12.7 Å². The van der Waals surface area contributed by atoms with Crippen LogP contribution >= 0.6 is 0 Å². The van der Waals surface area contributed by atoms with Crippen molar-refractivity contribution >= 4 is 50.2 Å². The van der Waals surface area contributed by atoms with Crippen molar-refractivity contribution in [3.63, 3.8) is 0 Å². The zero-order valence-corrected chi connectivity index (χ0v) is 37.6. The van der Waals surface area contributed by atoms with E-state index in [0.717, 1.165) is 17.0 Å². The van der Waals surface area contributed by atoms with Crippen molar-refractivity contribution in [2.75, 3.05) is 11.6 Å². The quantitative estimate of drug-likeness (QED) is 0.242. The van der Waals surface area contributed by atoms with Gasteiger partial charge < -0.3 is 23.0 Å². The molecular formula is C34H69N5O4Si4. The first-order valence-electron chi connectivity index (χ1n) is 17.4. The summed E-state index contributed by atoms with van der Waals surface area (Å²) in [6.07, 6.45) is 1.99. The van der Waals surface area contributed by atoms with Crippen molar-refractivity contribution in [2.24, 2.45) is 0 Å². The lowest BCUT2D eigenvalue weighted by Gasteiger charge is -2.44. The summed E-state index contributed by atoms with van der Waals surface area (Å²) in [4.78, 5) is 18.2. The molecule has 3 rings (SSSR count). The van der Waals surface area contributed by atoms with E-state index in [-0.39, 0.29) is 38.5 Å².